The molecule has 0 spiro atoms. The third-order valence-electron chi connectivity index (χ3n) is 4.47. The molecule has 2 rings (SSSR count). The number of hydrogen-bond acceptors (Lipinski definition) is 2. The van der Waals surface area contributed by atoms with Crippen molar-refractivity contribution in [2.24, 2.45) is 5.92 Å². The number of amides is 1. The van der Waals surface area contributed by atoms with Gasteiger partial charge in [-0.15, -0.1) is 0 Å². The Labute approximate surface area is 134 Å². The van der Waals surface area contributed by atoms with Gasteiger partial charge in [-0.05, 0) is 71.0 Å². The molecule has 3 nitrogen and oxygen atoms in total. The number of rotatable bonds is 6. The lowest BCUT2D eigenvalue weighted by atomic mass is 9.93. The van der Waals surface area contributed by atoms with Gasteiger partial charge in [-0.1, -0.05) is 29.3 Å². The Kier molecular flexibility index (Phi) is 6.44. The molecule has 1 aromatic rings. The molecule has 0 saturated carbocycles. The summed E-state index contributed by atoms with van der Waals surface area (Å²) in [6.45, 7) is 8.56. The highest BCUT2D eigenvalue weighted by Gasteiger charge is 2.15. The van der Waals surface area contributed by atoms with E-state index in [0.717, 1.165) is 31.8 Å². The van der Waals surface area contributed by atoms with Crippen LogP contribution in [0.25, 0.3) is 0 Å². The maximum Gasteiger partial charge on any atom is 0.220 e. The van der Waals surface area contributed by atoms with Gasteiger partial charge in [0.05, 0.1) is 0 Å². The average Bonchev–Trinajstić information content (AvgIpc) is 2.45. The van der Waals surface area contributed by atoms with E-state index in [9.17, 15) is 4.79 Å². The Morgan fingerprint density at radius 3 is 2.50 bits per heavy atom. The zero-order valence-electron chi connectivity index (χ0n) is 14.2. The first-order chi connectivity index (χ1) is 10.5. The predicted octanol–water partition coefficient (Wildman–Crippen LogP) is 3.13. The molecule has 1 fully saturated rings. The molecule has 122 valence electrons. The van der Waals surface area contributed by atoms with Crippen molar-refractivity contribution in [3.8, 4) is 0 Å². The Hall–Kier alpha value is -1.35. The normalized spacial score (nSPS) is 17.2. The van der Waals surface area contributed by atoms with Crippen LogP contribution in [-0.4, -0.2) is 25.0 Å². The Morgan fingerprint density at radius 1 is 1.23 bits per heavy atom. The quantitative estimate of drug-likeness (QED) is 0.847. The summed E-state index contributed by atoms with van der Waals surface area (Å²) in [6.07, 6.45) is 5.03. The van der Waals surface area contributed by atoms with Crippen LogP contribution >= 0.6 is 0 Å². The zero-order valence-corrected chi connectivity index (χ0v) is 14.2. The highest BCUT2D eigenvalue weighted by molar-refractivity contribution is 5.76. The summed E-state index contributed by atoms with van der Waals surface area (Å²) in [6, 6.07) is 6.81. The molecule has 0 aliphatic carbocycles. The van der Waals surface area contributed by atoms with Gasteiger partial charge >= 0.3 is 0 Å². The predicted molar refractivity (Wildman–Crippen MR) is 92.1 cm³/mol. The van der Waals surface area contributed by atoms with E-state index in [2.05, 4.69) is 49.6 Å². The summed E-state index contributed by atoms with van der Waals surface area (Å²) in [7, 11) is 0. The molecule has 1 aromatic carbocycles. The van der Waals surface area contributed by atoms with Crippen LogP contribution in [0.2, 0.25) is 0 Å². The maximum absolute atomic E-state index is 12.1. The van der Waals surface area contributed by atoms with E-state index in [4.69, 9.17) is 0 Å². The van der Waals surface area contributed by atoms with Crippen molar-refractivity contribution in [3.05, 3.63) is 34.9 Å². The van der Waals surface area contributed by atoms with Gasteiger partial charge in [0.2, 0.25) is 5.91 Å². The SMILES string of the molecule is Cc1cc(C)cc(CC(C)NC(=O)CCC2CCNCC2)c1. The van der Waals surface area contributed by atoms with E-state index in [0.29, 0.717) is 6.42 Å². The van der Waals surface area contributed by atoms with Gasteiger partial charge in [-0.2, -0.15) is 0 Å². The number of aryl methyl sites for hydroxylation is 2. The monoisotopic (exact) mass is 302 g/mol. The minimum atomic E-state index is 0.196. The summed E-state index contributed by atoms with van der Waals surface area (Å²) in [4.78, 5) is 12.1. The van der Waals surface area contributed by atoms with Gasteiger partial charge in [-0.25, -0.2) is 0 Å². The van der Waals surface area contributed by atoms with E-state index in [-0.39, 0.29) is 11.9 Å². The van der Waals surface area contributed by atoms with Gasteiger partial charge in [0.1, 0.15) is 0 Å². The van der Waals surface area contributed by atoms with Crippen molar-refractivity contribution in [2.45, 2.75) is 58.9 Å². The first kappa shape index (κ1) is 17.0. The molecule has 2 N–H and O–H groups in total. The summed E-state index contributed by atoms with van der Waals surface area (Å²) in [5.74, 6) is 0.928. The van der Waals surface area contributed by atoms with Gasteiger partial charge in [-0.3, -0.25) is 4.79 Å². The Bertz CT molecular complexity index is 472. The van der Waals surface area contributed by atoms with Crippen molar-refractivity contribution in [2.75, 3.05) is 13.1 Å². The highest BCUT2D eigenvalue weighted by Crippen LogP contribution is 2.17. The largest absolute Gasteiger partial charge is 0.353 e. The lowest BCUT2D eigenvalue weighted by Crippen LogP contribution is -2.35. The van der Waals surface area contributed by atoms with Crippen molar-refractivity contribution in [1.29, 1.82) is 0 Å². The second kappa shape index (κ2) is 8.33. The van der Waals surface area contributed by atoms with Crippen LogP contribution in [0.15, 0.2) is 18.2 Å². The molecule has 0 bridgehead atoms. The molecule has 1 atom stereocenters. The molecule has 1 amide bonds. The first-order valence-corrected chi connectivity index (χ1v) is 8.60. The lowest BCUT2D eigenvalue weighted by molar-refractivity contribution is -0.122. The van der Waals surface area contributed by atoms with Gasteiger partial charge in [0, 0.05) is 12.5 Å². The second-order valence-corrected chi connectivity index (χ2v) is 6.90. The van der Waals surface area contributed by atoms with E-state index < -0.39 is 0 Å². The van der Waals surface area contributed by atoms with E-state index in [1.807, 2.05) is 0 Å². The smallest absolute Gasteiger partial charge is 0.220 e. The average molecular weight is 302 g/mol. The van der Waals surface area contributed by atoms with E-state index >= 15 is 0 Å². The zero-order chi connectivity index (χ0) is 15.9. The van der Waals surface area contributed by atoms with Crippen LogP contribution in [0.3, 0.4) is 0 Å². The number of hydrogen-bond donors (Lipinski definition) is 2. The number of benzene rings is 1. The van der Waals surface area contributed by atoms with Gasteiger partial charge < -0.3 is 10.6 Å². The molecule has 3 heteroatoms. The van der Waals surface area contributed by atoms with Crippen molar-refractivity contribution in [1.82, 2.24) is 10.6 Å². The van der Waals surface area contributed by atoms with Gasteiger partial charge in [0.25, 0.3) is 0 Å². The molecular weight excluding hydrogens is 272 g/mol. The Morgan fingerprint density at radius 2 is 1.86 bits per heavy atom. The number of piperidine rings is 1. The minimum Gasteiger partial charge on any atom is -0.353 e. The fraction of sp³-hybridized carbons (Fsp3) is 0.632. The standard InChI is InChI=1S/C19H30N2O/c1-14-10-15(2)12-18(11-14)13-16(3)21-19(22)5-4-17-6-8-20-9-7-17/h10-12,16-17,20H,4-9,13H2,1-3H3,(H,21,22). The van der Waals surface area contributed by atoms with Crippen molar-refractivity contribution >= 4 is 5.91 Å². The number of carbonyl (C=O) groups excluding carboxylic acids is 1. The fourth-order valence-corrected chi connectivity index (χ4v) is 3.44. The van der Waals surface area contributed by atoms with Crippen molar-refractivity contribution < 1.29 is 4.79 Å². The minimum absolute atomic E-state index is 0.196. The third kappa shape index (κ3) is 5.80. The first-order valence-electron chi connectivity index (χ1n) is 8.60. The molecule has 0 radical (unpaired) electrons. The summed E-state index contributed by atoms with van der Waals surface area (Å²) in [5, 5.41) is 6.52. The molecule has 1 saturated heterocycles. The molecule has 1 aliphatic heterocycles. The lowest BCUT2D eigenvalue weighted by Gasteiger charge is -2.22. The summed E-state index contributed by atoms with van der Waals surface area (Å²) < 4.78 is 0. The molecule has 1 heterocycles. The van der Waals surface area contributed by atoms with Crippen LogP contribution in [0.4, 0.5) is 0 Å². The van der Waals surface area contributed by atoms with Crippen molar-refractivity contribution in [3.63, 3.8) is 0 Å². The third-order valence-corrected chi connectivity index (χ3v) is 4.47. The fourth-order valence-electron chi connectivity index (χ4n) is 3.44. The number of nitrogens with one attached hydrogen (secondary N) is 2. The van der Waals surface area contributed by atoms with Crippen LogP contribution in [0.5, 0.6) is 0 Å². The molecule has 22 heavy (non-hydrogen) atoms. The Balaban J connectivity index is 1.73. The van der Waals surface area contributed by atoms with Crippen LogP contribution in [0.1, 0.15) is 49.3 Å². The van der Waals surface area contributed by atoms with Crippen LogP contribution in [0, 0.1) is 19.8 Å². The molecule has 0 aromatic heterocycles. The van der Waals surface area contributed by atoms with Crippen LogP contribution < -0.4 is 10.6 Å². The summed E-state index contributed by atoms with van der Waals surface area (Å²) in [5.41, 5.74) is 3.89. The highest BCUT2D eigenvalue weighted by atomic mass is 16.1. The topological polar surface area (TPSA) is 41.1 Å². The van der Waals surface area contributed by atoms with Gasteiger partial charge in [0.15, 0.2) is 0 Å². The van der Waals surface area contributed by atoms with E-state index in [1.54, 1.807) is 0 Å². The summed E-state index contributed by atoms with van der Waals surface area (Å²) >= 11 is 0. The maximum atomic E-state index is 12.1. The van der Waals surface area contributed by atoms with E-state index in [1.165, 1.54) is 29.5 Å². The molecule has 1 unspecified atom stereocenters. The molecule has 1 aliphatic rings. The van der Waals surface area contributed by atoms with Crippen LogP contribution in [-0.2, 0) is 11.2 Å². The second-order valence-electron chi connectivity index (χ2n) is 6.90. The number of carbonyl (C=O) groups is 1. The molecular formula is C19H30N2O.